The van der Waals surface area contributed by atoms with Crippen molar-refractivity contribution >= 4 is 34.8 Å². The zero-order valence-corrected chi connectivity index (χ0v) is 12.9. The van der Waals surface area contributed by atoms with E-state index in [0.29, 0.717) is 9.90 Å². The first-order valence-electron chi connectivity index (χ1n) is 6.27. The Morgan fingerprint density at radius 1 is 1.29 bits per heavy atom. The van der Waals surface area contributed by atoms with E-state index >= 15 is 0 Å². The fourth-order valence-corrected chi connectivity index (χ4v) is 2.91. The lowest BCUT2D eigenvalue weighted by molar-refractivity contribution is -0.141. The van der Waals surface area contributed by atoms with Crippen LogP contribution in [0.15, 0.2) is 41.8 Å². The number of carbonyl (C=O) groups is 2. The standard InChI is InChI=1S/C15H14ClNO3S/c1-20-13(18)9-12(10-5-3-2-4-6-10)17-15(19)14-11(16)7-8-21-14/h2-8,12H,9H2,1H3,(H,17,19)/t12-/m0/s1. The van der Waals surface area contributed by atoms with E-state index in [-0.39, 0.29) is 18.3 Å². The summed E-state index contributed by atoms with van der Waals surface area (Å²) < 4.78 is 4.68. The second-order valence-electron chi connectivity index (χ2n) is 4.31. The Bertz CT molecular complexity index is 627. The third-order valence-corrected chi connectivity index (χ3v) is 4.27. The third kappa shape index (κ3) is 4.06. The SMILES string of the molecule is COC(=O)C[C@H](NC(=O)c1sccc1Cl)c1ccccc1. The van der Waals surface area contributed by atoms with Crippen LogP contribution in [0.4, 0.5) is 0 Å². The topological polar surface area (TPSA) is 55.4 Å². The fourth-order valence-electron chi connectivity index (χ4n) is 1.87. The van der Waals surface area contributed by atoms with Crippen LogP contribution in [0.5, 0.6) is 0 Å². The lowest BCUT2D eigenvalue weighted by Crippen LogP contribution is -2.30. The van der Waals surface area contributed by atoms with Gasteiger partial charge in [0.05, 0.1) is 24.6 Å². The number of halogens is 1. The van der Waals surface area contributed by atoms with E-state index in [1.807, 2.05) is 30.3 Å². The van der Waals surface area contributed by atoms with Crippen molar-refractivity contribution < 1.29 is 14.3 Å². The van der Waals surface area contributed by atoms with Gasteiger partial charge in [-0.15, -0.1) is 11.3 Å². The number of benzene rings is 1. The fraction of sp³-hybridized carbons (Fsp3) is 0.200. The second kappa shape index (κ2) is 7.24. The molecule has 4 nitrogen and oxygen atoms in total. The first-order chi connectivity index (χ1) is 10.1. The van der Waals surface area contributed by atoms with E-state index in [9.17, 15) is 9.59 Å². The zero-order valence-electron chi connectivity index (χ0n) is 11.3. The van der Waals surface area contributed by atoms with E-state index in [2.05, 4.69) is 10.1 Å². The summed E-state index contributed by atoms with van der Waals surface area (Å²) in [4.78, 5) is 24.2. The average Bonchev–Trinajstić information content (AvgIpc) is 2.93. The normalized spacial score (nSPS) is 11.7. The zero-order chi connectivity index (χ0) is 15.2. The molecule has 0 aliphatic rings. The lowest BCUT2D eigenvalue weighted by atomic mass is 10.0. The molecule has 2 aromatic rings. The number of hydrogen-bond acceptors (Lipinski definition) is 4. The second-order valence-corrected chi connectivity index (χ2v) is 5.64. The molecule has 0 aliphatic heterocycles. The van der Waals surface area contributed by atoms with Crippen LogP contribution in [0.1, 0.15) is 27.7 Å². The summed E-state index contributed by atoms with van der Waals surface area (Å²) in [5.41, 5.74) is 0.837. The quantitative estimate of drug-likeness (QED) is 0.858. The molecular formula is C15H14ClNO3S. The number of hydrogen-bond donors (Lipinski definition) is 1. The van der Waals surface area contributed by atoms with Gasteiger partial charge in [-0.25, -0.2) is 0 Å². The molecule has 0 saturated carbocycles. The maximum atomic E-state index is 12.2. The highest BCUT2D eigenvalue weighted by atomic mass is 35.5. The van der Waals surface area contributed by atoms with Crippen LogP contribution >= 0.6 is 22.9 Å². The van der Waals surface area contributed by atoms with Gasteiger partial charge in [0.15, 0.2) is 0 Å². The Morgan fingerprint density at radius 3 is 2.57 bits per heavy atom. The van der Waals surface area contributed by atoms with Crippen LogP contribution < -0.4 is 5.32 Å². The summed E-state index contributed by atoms with van der Waals surface area (Å²) in [5.74, 6) is -0.686. The number of esters is 1. The lowest BCUT2D eigenvalue weighted by Gasteiger charge is -2.18. The number of nitrogens with one attached hydrogen (secondary N) is 1. The van der Waals surface area contributed by atoms with Gasteiger partial charge in [0.25, 0.3) is 5.91 Å². The van der Waals surface area contributed by atoms with E-state index in [0.717, 1.165) is 5.56 Å². The third-order valence-electron chi connectivity index (χ3n) is 2.93. The Hall–Kier alpha value is -1.85. The van der Waals surface area contributed by atoms with Crippen molar-refractivity contribution in [2.45, 2.75) is 12.5 Å². The van der Waals surface area contributed by atoms with Crippen molar-refractivity contribution in [3.05, 3.63) is 57.2 Å². The highest BCUT2D eigenvalue weighted by Crippen LogP contribution is 2.24. The molecule has 1 aromatic heterocycles. The number of rotatable bonds is 5. The minimum atomic E-state index is -0.454. The number of thiophene rings is 1. The van der Waals surface area contributed by atoms with Gasteiger partial charge in [-0.3, -0.25) is 9.59 Å². The van der Waals surface area contributed by atoms with Gasteiger partial charge in [0.2, 0.25) is 0 Å². The summed E-state index contributed by atoms with van der Waals surface area (Å²) in [6.45, 7) is 0. The van der Waals surface area contributed by atoms with Crippen molar-refractivity contribution in [2.24, 2.45) is 0 Å². The molecule has 1 aromatic carbocycles. The molecule has 21 heavy (non-hydrogen) atoms. The summed E-state index contributed by atoms with van der Waals surface area (Å²) >= 11 is 7.21. The van der Waals surface area contributed by atoms with Gasteiger partial charge in [0.1, 0.15) is 4.88 Å². The summed E-state index contributed by atoms with van der Waals surface area (Å²) in [6, 6.07) is 10.5. The molecule has 110 valence electrons. The van der Waals surface area contributed by atoms with E-state index < -0.39 is 6.04 Å². The van der Waals surface area contributed by atoms with Gasteiger partial charge in [-0.1, -0.05) is 41.9 Å². The number of amides is 1. The van der Waals surface area contributed by atoms with Gasteiger partial charge >= 0.3 is 5.97 Å². The predicted octanol–water partition coefficient (Wildman–Crippen LogP) is 3.44. The van der Waals surface area contributed by atoms with E-state index in [4.69, 9.17) is 11.6 Å². The highest BCUT2D eigenvalue weighted by molar-refractivity contribution is 7.12. The van der Waals surface area contributed by atoms with Crippen molar-refractivity contribution in [3.63, 3.8) is 0 Å². The van der Waals surface area contributed by atoms with Crippen LogP contribution in [-0.2, 0) is 9.53 Å². The molecule has 0 unspecified atom stereocenters. The van der Waals surface area contributed by atoms with Crippen LogP contribution in [0.25, 0.3) is 0 Å². The van der Waals surface area contributed by atoms with Crippen LogP contribution in [-0.4, -0.2) is 19.0 Å². The van der Waals surface area contributed by atoms with Crippen LogP contribution in [0.2, 0.25) is 5.02 Å². The first kappa shape index (κ1) is 15.5. The predicted molar refractivity (Wildman–Crippen MR) is 82.6 cm³/mol. The molecule has 1 heterocycles. The molecule has 1 atom stereocenters. The van der Waals surface area contributed by atoms with Gasteiger partial charge in [0, 0.05) is 0 Å². The molecule has 6 heteroatoms. The summed E-state index contributed by atoms with van der Waals surface area (Å²) in [5, 5.41) is 4.98. The highest BCUT2D eigenvalue weighted by Gasteiger charge is 2.21. The molecule has 0 spiro atoms. The number of methoxy groups -OCH3 is 1. The molecular weight excluding hydrogens is 310 g/mol. The first-order valence-corrected chi connectivity index (χ1v) is 7.53. The molecule has 1 amide bonds. The van der Waals surface area contributed by atoms with Crippen LogP contribution in [0, 0.1) is 0 Å². The van der Waals surface area contributed by atoms with Crippen molar-refractivity contribution in [1.29, 1.82) is 0 Å². The molecule has 0 radical (unpaired) electrons. The van der Waals surface area contributed by atoms with Crippen molar-refractivity contribution in [2.75, 3.05) is 7.11 Å². The molecule has 0 bridgehead atoms. The Kier molecular flexibility index (Phi) is 5.36. The number of ether oxygens (including phenoxy) is 1. The molecule has 0 aliphatic carbocycles. The molecule has 0 saturated heterocycles. The van der Waals surface area contributed by atoms with Gasteiger partial charge in [-0.2, -0.15) is 0 Å². The largest absolute Gasteiger partial charge is 0.469 e. The summed E-state index contributed by atoms with van der Waals surface area (Å²) in [6.07, 6.45) is 0.0647. The van der Waals surface area contributed by atoms with Crippen LogP contribution in [0.3, 0.4) is 0 Å². The monoisotopic (exact) mass is 323 g/mol. The molecule has 0 fully saturated rings. The molecule has 1 N–H and O–H groups in total. The minimum absolute atomic E-state index is 0.0647. The molecule has 2 rings (SSSR count). The number of carbonyl (C=O) groups excluding carboxylic acids is 2. The smallest absolute Gasteiger partial charge is 0.307 e. The Labute approximate surface area is 131 Å². The average molecular weight is 324 g/mol. The van der Waals surface area contributed by atoms with Gasteiger partial charge < -0.3 is 10.1 Å². The summed E-state index contributed by atoms with van der Waals surface area (Å²) in [7, 11) is 1.32. The minimum Gasteiger partial charge on any atom is -0.469 e. The maximum Gasteiger partial charge on any atom is 0.307 e. The maximum absolute atomic E-state index is 12.2. The van der Waals surface area contributed by atoms with E-state index in [1.54, 1.807) is 11.4 Å². The van der Waals surface area contributed by atoms with Crippen molar-refractivity contribution in [3.8, 4) is 0 Å². The van der Waals surface area contributed by atoms with Gasteiger partial charge in [-0.05, 0) is 17.0 Å². The van der Waals surface area contributed by atoms with Crippen molar-refractivity contribution in [1.82, 2.24) is 5.32 Å². The van der Waals surface area contributed by atoms with E-state index in [1.165, 1.54) is 18.4 Å². The Balaban J connectivity index is 2.18. The Morgan fingerprint density at radius 2 is 2.00 bits per heavy atom.